The normalized spacial score (nSPS) is 40.9. The molecule has 4 saturated heterocycles. The summed E-state index contributed by atoms with van der Waals surface area (Å²) in [6.45, 7) is 28.6. The van der Waals surface area contributed by atoms with Gasteiger partial charge in [-0.3, -0.25) is 24.1 Å². The third-order valence-corrected chi connectivity index (χ3v) is 15.4. The zero-order valence-electron chi connectivity index (χ0n) is 48.9. The van der Waals surface area contributed by atoms with E-state index < -0.39 is 150 Å². The molecule has 0 aromatic heterocycles. The largest absolute Gasteiger partial charge is 0.461 e. The summed E-state index contributed by atoms with van der Waals surface area (Å²) in [5.41, 5.74) is -2.59. The summed E-state index contributed by atoms with van der Waals surface area (Å²) >= 11 is 0. The zero-order valence-corrected chi connectivity index (χ0v) is 48.9. The molecule has 21 nitrogen and oxygen atoms in total. The van der Waals surface area contributed by atoms with E-state index in [0.29, 0.717) is 19.5 Å². The molecule has 4 heterocycles. The number of hydrogen-bond acceptors (Lipinski definition) is 21. The molecule has 0 saturated carbocycles. The molecule has 4 fully saturated rings. The number of oxime groups is 1. The minimum Gasteiger partial charge on any atom is -0.461 e. The van der Waals surface area contributed by atoms with Crippen molar-refractivity contribution >= 4 is 29.4 Å². The molecule has 4 rings (SSSR count). The molecular weight excluding hydrogens is 993 g/mol. The van der Waals surface area contributed by atoms with Crippen LogP contribution in [0.5, 0.6) is 0 Å². The summed E-state index contributed by atoms with van der Waals surface area (Å²) < 4.78 is 69.8. The van der Waals surface area contributed by atoms with Gasteiger partial charge in [0.1, 0.15) is 43.7 Å². The van der Waals surface area contributed by atoms with E-state index in [2.05, 4.69) is 10.1 Å². The van der Waals surface area contributed by atoms with Gasteiger partial charge in [0.05, 0.1) is 60.3 Å². The van der Waals surface area contributed by atoms with E-state index in [1.165, 1.54) is 35.2 Å². The van der Waals surface area contributed by atoms with Crippen LogP contribution >= 0.6 is 0 Å². The number of β-amino-alcohol motifs (C(OH)–C–C–N with tert-alkyl or cyclic N) is 1. The van der Waals surface area contributed by atoms with Crippen molar-refractivity contribution in [1.82, 2.24) is 4.90 Å². The molecule has 76 heavy (non-hydrogen) atoms. The second-order valence-electron chi connectivity index (χ2n) is 23.7. The quantitative estimate of drug-likeness (QED) is 0.0986. The fourth-order valence-electron chi connectivity index (χ4n) is 11.7. The van der Waals surface area contributed by atoms with Crippen molar-refractivity contribution in [3.8, 4) is 0 Å². The second kappa shape index (κ2) is 28.5. The minimum absolute atomic E-state index is 0.0150. The fourth-order valence-corrected chi connectivity index (χ4v) is 11.7. The number of carbonyl (C=O) groups is 4. The van der Waals surface area contributed by atoms with Crippen molar-refractivity contribution in [2.75, 3.05) is 41.0 Å². The number of aliphatic hydroxyl groups excluding tert-OH is 2. The highest BCUT2D eigenvalue weighted by Gasteiger charge is 2.52. The van der Waals surface area contributed by atoms with Crippen LogP contribution in [0.3, 0.4) is 0 Å². The molecule has 4 aliphatic heterocycles. The van der Waals surface area contributed by atoms with E-state index >= 15 is 9.59 Å². The number of nitrogens with zero attached hydrogens (tertiary/aromatic N) is 2. The lowest BCUT2D eigenvalue weighted by molar-refractivity contribution is -0.305. The minimum atomic E-state index is -1.87. The Kier molecular flexibility index (Phi) is 24.6. The average Bonchev–Trinajstić information content (AvgIpc) is 3.44. The van der Waals surface area contributed by atoms with Crippen LogP contribution in [0.1, 0.15) is 136 Å². The number of ketones is 1. The number of cyclic esters (lactones) is 1. The van der Waals surface area contributed by atoms with E-state index in [0.717, 1.165) is 0 Å². The Morgan fingerprint density at radius 1 is 0.829 bits per heavy atom. The van der Waals surface area contributed by atoms with Crippen LogP contribution in [-0.2, 0) is 76.1 Å². The summed E-state index contributed by atoms with van der Waals surface area (Å²) in [5, 5.41) is 37.6. The van der Waals surface area contributed by atoms with Gasteiger partial charge in [-0.25, -0.2) is 0 Å². The van der Waals surface area contributed by atoms with Gasteiger partial charge in [0.25, 0.3) is 0 Å². The van der Waals surface area contributed by atoms with Gasteiger partial charge in [-0.15, -0.1) is 0 Å². The van der Waals surface area contributed by atoms with Gasteiger partial charge < -0.3 is 72.3 Å². The molecule has 0 aliphatic carbocycles. The topological polar surface area (TPSA) is 255 Å². The number of aliphatic hydroxyl groups is 3. The Hall–Kier alpha value is -2.93. The SMILES string of the molecule is CO/N=C1\C[C@@H](C)O[C@@H](O[C@@H]2[C@@H](C)[C@H](O[C@H]3C[C@H](C)N(CC(C)(C)O)C[C@H](C)O3)[C@@H](C)C(=O)O[C@H]([C@@H](C)CO[C@@H]3O[C@H](C)[C@@H](O)[C@@H](OC)[C@H]3OC)[C@H](C)[C@@H](OC(=O)CC(C)C)[C@@H](C)C(=O)[C@@](C)(OC(C)=O)C[C@@H]2C)[C@@H]1O. The molecule has 0 unspecified atom stereocenters. The lowest BCUT2D eigenvalue weighted by atomic mass is 9.74. The predicted molar refractivity (Wildman–Crippen MR) is 277 cm³/mol. The molecular formula is C55H96N2O19. The van der Waals surface area contributed by atoms with E-state index in [1.54, 1.807) is 55.4 Å². The van der Waals surface area contributed by atoms with Crippen molar-refractivity contribution in [3.63, 3.8) is 0 Å². The Balaban J connectivity index is 1.96. The highest BCUT2D eigenvalue weighted by molar-refractivity contribution is 5.91. The van der Waals surface area contributed by atoms with Crippen LogP contribution in [0.25, 0.3) is 0 Å². The molecule has 0 radical (unpaired) electrons. The lowest BCUT2D eigenvalue weighted by Gasteiger charge is -2.45. The fraction of sp³-hybridized carbons (Fsp3) is 0.909. The van der Waals surface area contributed by atoms with Gasteiger partial charge in [0.15, 0.2) is 30.3 Å². The van der Waals surface area contributed by atoms with Gasteiger partial charge in [-0.2, -0.15) is 0 Å². The first-order valence-corrected chi connectivity index (χ1v) is 27.4. The van der Waals surface area contributed by atoms with Gasteiger partial charge in [0, 0.05) is 77.3 Å². The highest BCUT2D eigenvalue weighted by atomic mass is 16.7. The van der Waals surface area contributed by atoms with Gasteiger partial charge in [-0.05, 0) is 73.6 Å². The third kappa shape index (κ3) is 17.3. The van der Waals surface area contributed by atoms with Crippen molar-refractivity contribution in [3.05, 3.63) is 0 Å². The standard InChI is InChI=1S/C55H96N2O19/c1-27(2)20-40(59)72-46-34(9)45(29(4)25-68-53-49(66-18)48(65-17)42(60)37(12)71-53)74-51(63)36(11)47(73-41-21-30(5)57(24-32(7)69-41)26-54(14,15)64)33(8)44(75-52-43(61)39(56-67-19)22-31(6)70-52)28(3)23-55(16,76-38(13)58)50(62)35(46)10/h27-37,41-49,52-53,60-61,64H,20-26H2,1-19H3/b56-39+/t28-,29-,30-,31+,32-,33+,34-,35+,36+,37+,41-,42+,43+,44-,45+,46+,47-,48+,49+,52-,53+,55-/m0/s1. The molecule has 22 atom stereocenters. The lowest BCUT2D eigenvalue weighted by Crippen LogP contribution is -2.59. The molecule has 3 N–H and O–H groups in total. The predicted octanol–water partition coefficient (Wildman–Crippen LogP) is 4.98. The summed E-state index contributed by atoms with van der Waals surface area (Å²) in [6, 6.07) is -0.149. The van der Waals surface area contributed by atoms with Gasteiger partial charge in [0.2, 0.25) is 0 Å². The van der Waals surface area contributed by atoms with Crippen molar-refractivity contribution in [2.45, 2.75) is 240 Å². The Morgan fingerprint density at radius 2 is 1.47 bits per heavy atom. The highest BCUT2D eigenvalue weighted by Crippen LogP contribution is 2.40. The van der Waals surface area contributed by atoms with Crippen molar-refractivity contribution < 1.29 is 91.4 Å². The van der Waals surface area contributed by atoms with E-state index in [1.807, 2.05) is 41.5 Å². The maximum atomic E-state index is 15.5. The summed E-state index contributed by atoms with van der Waals surface area (Å²) in [7, 11) is 4.27. The summed E-state index contributed by atoms with van der Waals surface area (Å²) in [4.78, 5) is 65.1. The van der Waals surface area contributed by atoms with Crippen LogP contribution in [0, 0.1) is 41.4 Å². The van der Waals surface area contributed by atoms with Crippen molar-refractivity contribution in [2.24, 2.45) is 46.6 Å². The Morgan fingerprint density at radius 3 is 2.05 bits per heavy atom. The Bertz CT molecular complexity index is 1900. The number of ether oxygens (including phenoxy) is 11. The molecule has 4 aliphatic rings. The molecule has 440 valence electrons. The number of carbonyl (C=O) groups excluding carboxylic acids is 4. The average molecular weight is 1090 g/mol. The molecule has 0 amide bonds. The summed E-state index contributed by atoms with van der Waals surface area (Å²) in [6.07, 6.45) is -12.9. The number of esters is 3. The van der Waals surface area contributed by atoms with Crippen LogP contribution in [0.4, 0.5) is 0 Å². The molecule has 0 aromatic rings. The number of hydrogen-bond donors (Lipinski definition) is 3. The van der Waals surface area contributed by atoms with Crippen LogP contribution in [0.15, 0.2) is 5.16 Å². The number of rotatable bonds is 17. The smallest absolute Gasteiger partial charge is 0.311 e. The molecule has 0 bridgehead atoms. The van der Waals surface area contributed by atoms with Crippen LogP contribution in [0.2, 0.25) is 0 Å². The zero-order chi connectivity index (χ0) is 57.3. The maximum absolute atomic E-state index is 15.5. The molecule has 21 heteroatoms. The second-order valence-corrected chi connectivity index (χ2v) is 23.7. The number of Topliss-reactive ketones (excluding diaryl/α,β-unsaturated/α-hetero) is 1. The first-order chi connectivity index (χ1) is 35.4. The third-order valence-electron chi connectivity index (χ3n) is 15.4. The first-order valence-electron chi connectivity index (χ1n) is 27.4. The maximum Gasteiger partial charge on any atom is 0.311 e. The van der Waals surface area contributed by atoms with E-state index in [4.69, 9.17) is 56.9 Å². The number of methoxy groups -OCH3 is 2. The van der Waals surface area contributed by atoms with Crippen LogP contribution < -0.4 is 0 Å². The van der Waals surface area contributed by atoms with Gasteiger partial charge >= 0.3 is 17.9 Å². The van der Waals surface area contributed by atoms with Crippen LogP contribution in [-0.4, -0.2) is 194 Å². The molecule has 0 aromatic carbocycles. The van der Waals surface area contributed by atoms with Gasteiger partial charge in [-0.1, -0.05) is 53.6 Å². The molecule has 0 spiro atoms. The summed E-state index contributed by atoms with van der Waals surface area (Å²) in [5.74, 6) is -8.06. The monoisotopic (exact) mass is 1090 g/mol. The first kappa shape index (κ1) is 65.6. The van der Waals surface area contributed by atoms with E-state index in [9.17, 15) is 24.9 Å². The van der Waals surface area contributed by atoms with Crippen molar-refractivity contribution in [1.29, 1.82) is 0 Å². The van der Waals surface area contributed by atoms with E-state index in [-0.39, 0.29) is 49.6 Å². The Labute approximate surface area is 451 Å².